The summed E-state index contributed by atoms with van der Waals surface area (Å²) in [4.78, 5) is 4.57. The fraction of sp³-hybridized carbons (Fsp3) is 0.267. The molecule has 3 aromatic rings. The number of nitrogens with one attached hydrogen (secondary N) is 1. The molecule has 0 spiro atoms. The van der Waals surface area contributed by atoms with E-state index in [9.17, 15) is 0 Å². The largest absolute Gasteiger partial charge is 0.497 e. The molecule has 0 saturated heterocycles. The SMILES string of the molecule is CCc1cc(OC)cc(-n2cc(-c3cc(C)[nH]n3)cn2)n1. The zero-order valence-electron chi connectivity index (χ0n) is 12.3. The lowest BCUT2D eigenvalue weighted by Gasteiger charge is -2.06. The first-order valence-corrected chi connectivity index (χ1v) is 6.82. The summed E-state index contributed by atoms with van der Waals surface area (Å²) in [5.41, 5.74) is 3.81. The zero-order valence-corrected chi connectivity index (χ0v) is 12.3. The summed E-state index contributed by atoms with van der Waals surface area (Å²) in [5, 5.41) is 11.5. The number of hydrogen-bond donors (Lipinski definition) is 1. The maximum atomic E-state index is 5.32. The van der Waals surface area contributed by atoms with Crippen LogP contribution in [0.15, 0.2) is 30.6 Å². The van der Waals surface area contributed by atoms with Crippen molar-refractivity contribution in [2.45, 2.75) is 20.3 Å². The molecule has 3 rings (SSSR count). The van der Waals surface area contributed by atoms with Crippen molar-refractivity contribution in [1.82, 2.24) is 25.0 Å². The van der Waals surface area contributed by atoms with Crippen LogP contribution in [0.25, 0.3) is 17.1 Å². The highest BCUT2D eigenvalue weighted by molar-refractivity contribution is 5.57. The smallest absolute Gasteiger partial charge is 0.157 e. The van der Waals surface area contributed by atoms with Crippen molar-refractivity contribution < 1.29 is 4.74 Å². The van der Waals surface area contributed by atoms with Crippen molar-refractivity contribution in [2.24, 2.45) is 0 Å². The molecule has 6 nitrogen and oxygen atoms in total. The van der Waals surface area contributed by atoms with Crippen LogP contribution in [0.1, 0.15) is 18.3 Å². The van der Waals surface area contributed by atoms with Gasteiger partial charge in [0, 0.05) is 35.3 Å². The standard InChI is InChI=1S/C15H17N5O/c1-4-12-6-13(21-3)7-15(17-12)20-9-11(8-16-20)14-5-10(2)18-19-14/h5-9H,4H2,1-3H3,(H,18,19). The number of aromatic nitrogens is 5. The fourth-order valence-corrected chi connectivity index (χ4v) is 2.11. The van der Waals surface area contributed by atoms with Gasteiger partial charge in [-0.15, -0.1) is 0 Å². The van der Waals surface area contributed by atoms with E-state index in [0.29, 0.717) is 0 Å². The predicted octanol–water partition coefficient (Wildman–Crippen LogP) is 2.54. The van der Waals surface area contributed by atoms with Crippen LogP contribution < -0.4 is 4.74 Å². The molecule has 6 heteroatoms. The second-order valence-corrected chi connectivity index (χ2v) is 4.82. The molecule has 1 N–H and O–H groups in total. The van der Waals surface area contributed by atoms with Gasteiger partial charge in [0.2, 0.25) is 0 Å². The maximum Gasteiger partial charge on any atom is 0.157 e. The van der Waals surface area contributed by atoms with Crippen LogP contribution in [0.3, 0.4) is 0 Å². The second-order valence-electron chi connectivity index (χ2n) is 4.82. The van der Waals surface area contributed by atoms with Gasteiger partial charge in [0.1, 0.15) is 5.75 Å². The summed E-state index contributed by atoms with van der Waals surface area (Å²) in [6.07, 6.45) is 4.54. The van der Waals surface area contributed by atoms with Gasteiger partial charge >= 0.3 is 0 Å². The Labute approximate surface area is 122 Å². The first-order chi connectivity index (χ1) is 10.2. The maximum absolute atomic E-state index is 5.32. The minimum atomic E-state index is 0.740. The molecular formula is C15H17N5O. The Morgan fingerprint density at radius 1 is 1.29 bits per heavy atom. The molecule has 0 atom stereocenters. The number of rotatable bonds is 4. The number of aromatic amines is 1. The highest BCUT2D eigenvalue weighted by Crippen LogP contribution is 2.21. The van der Waals surface area contributed by atoms with Crippen LogP contribution >= 0.6 is 0 Å². The van der Waals surface area contributed by atoms with E-state index in [1.165, 1.54) is 0 Å². The number of nitrogens with zero attached hydrogens (tertiary/aromatic N) is 4. The normalized spacial score (nSPS) is 10.8. The molecule has 0 amide bonds. The van der Waals surface area contributed by atoms with E-state index < -0.39 is 0 Å². The van der Waals surface area contributed by atoms with Gasteiger partial charge in [-0.3, -0.25) is 5.10 Å². The van der Waals surface area contributed by atoms with Gasteiger partial charge in [0.15, 0.2) is 5.82 Å². The van der Waals surface area contributed by atoms with Gasteiger partial charge in [0.05, 0.1) is 19.0 Å². The molecule has 0 fully saturated rings. The quantitative estimate of drug-likeness (QED) is 0.799. The lowest BCUT2D eigenvalue weighted by Crippen LogP contribution is -2.01. The van der Waals surface area contributed by atoms with E-state index in [2.05, 4.69) is 27.2 Å². The molecule has 0 bridgehead atoms. The average Bonchev–Trinajstić information content (AvgIpc) is 3.15. The number of H-pyrrole nitrogens is 1. The van der Waals surface area contributed by atoms with Crippen LogP contribution in [0, 0.1) is 6.92 Å². The Morgan fingerprint density at radius 3 is 2.81 bits per heavy atom. The molecule has 0 radical (unpaired) electrons. The van der Waals surface area contributed by atoms with Gasteiger partial charge < -0.3 is 4.74 Å². The zero-order chi connectivity index (χ0) is 14.8. The number of hydrogen-bond acceptors (Lipinski definition) is 4. The summed E-state index contributed by atoms with van der Waals surface area (Å²) in [5.74, 6) is 1.52. The minimum absolute atomic E-state index is 0.740. The first-order valence-electron chi connectivity index (χ1n) is 6.82. The Kier molecular flexibility index (Phi) is 3.43. The van der Waals surface area contributed by atoms with E-state index in [4.69, 9.17) is 4.74 Å². The van der Waals surface area contributed by atoms with Gasteiger partial charge in [0.25, 0.3) is 0 Å². The van der Waals surface area contributed by atoms with Crippen LogP contribution in [0.5, 0.6) is 5.75 Å². The molecule has 0 aromatic carbocycles. The molecule has 3 aromatic heterocycles. The van der Waals surface area contributed by atoms with E-state index in [0.717, 1.165) is 40.6 Å². The lowest BCUT2D eigenvalue weighted by molar-refractivity contribution is 0.413. The summed E-state index contributed by atoms with van der Waals surface area (Å²) >= 11 is 0. The summed E-state index contributed by atoms with van der Waals surface area (Å²) in [6, 6.07) is 5.79. The monoisotopic (exact) mass is 283 g/mol. The number of methoxy groups -OCH3 is 1. The third kappa shape index (κ3) is 2.65. The molecule has 0 saturated carbocycles. The van der Waals surface area contributed by atoms with E-state index in [-0.39, 0.29) is 0 Å². The van der Waals surface area contributed by atoms with Crippen LogP contribution in [-0.4, -0.2) is 32.1 Å². The lowest BCUT2D eigenvalue weighted by atomic mass is 10.2. The molecule has 0 aliphatic heterocycles. The van der Waals surface area contributed by atoms with Gasteiger partial charge in [-0.05, 0) is 19.4 Å². The van der Waals surface area contributed by atoms with Crippen molar-refractivity contribution in [3.8, 4) is 22.8 Å². The van der Waals surface area contributed by atoms with Gasteiger partial charge in [-0.2, -0.15) is 10.2 Å². The Morgan fingerprint density at radius 2 is 2.14 bits per heavy atom. The molecule has 0 unspecified atom stereocenters. The van der Waals surface area contributed by atoms with Crippen molar-refractivity contribution in [1.29, 1.82) is 0 Å². The molecule has 21 heavy (non-hydrogen) atoms. The Hall–Kier alpha value is -2.63. The van der Waals surface area contributed by atoms with Crippen LogP contribution in [0.4, 0.5) is 0 Å². The Bertz CT molecular complexity index is 737. The topological polar surface area (TPSA) is 68.6 Å². The minimum Gasteiger partial charge on any atom is -0.497 e. The highest BCUT2D eigenvalue weighted by Gasteiger charge is 2.09. The van der Waals surface area contributed by atoms with Crippen molar-refractivity contribution in [3.05, 3.63) is 42.0 Å². The molecule has 0 aliphatic carbocycles. The number of aryl methyl sites for hydroxylation is 2. The van der Waals surface area contributed by atoms with E-state index in [1.807, 2.05) is 31.3 Å². The highest BCUT2D eigenvalue weighted by atomic mass is 16.5. The van der Waals surface area contributed by atoms with E-state index >= 15 is 0 Å². The van der Waals surface area contributed by atoms with E-state index in [1.54, 1.807) is 18.0 Å². The van der Waals surface area contributed by atoms with Crippen molar-refractivity contribution >= 4 is 0 Å². The van der Waals surface area contributed by atoms with Gasteiger partial charge in [-0.25, -0.2) is 9.67 Å². The average molecular weight is 283 g/mol. The first kappa shape index (κ1) is 13.4. The third-order valence-electron chi connectivity index (χ3n) is 3.26. The van der Waals surface area contributed by atoms with Crippen molar-refractivity contribution in [2.75, 3.05) is 7.11 Å². The predicted molar refractivity (Wildman–Crippen MR) is 79.6 cm³/mol. The summed E-state index contributed by atoms with van der Waals surface area (Å²) < 4.78 is 7.05. The molecular weight excluding hydrogens is 266 g/mol. The summed E-state index contributed by atoms with van der Waals surface area (Å²) in [6.45, 7) is 4.03. The molecule has 0 aliphatic rings. The molecule has 3 heterocycles. The Balaban J connectivity index is 1.99. The third-order valence-corrected chi connectivity index (χ3v) is 3.26. The van der Waals surface area contributed by atoms with Crippen LogP contribution in [-0.2, 0) is 6.42 Å². The van der Waals surface area contributed by atoms with Crippen molar-refractivity contribution in [3.63, 3.8) is 0 Å². The second kappa shape index (κ2) is 5.40. The number of ether oxygens (including phenoxy) is 1. The van der Waals surface area contributed by atoms with Gasteiger partial charge in [-0.1, -0.05) is 6.92 Å². The summed E-state index contributed by atoms with van der Waals surface area (Å²) in [7, 11) is 1.65. The van der Waals surface area contributed by atoms with Crippen LogP contribution in [0.2, 0.25) is 0 Å². The fourth-order valence-electron chi connectivity index (χ4n) is 2.11. The molecule has 108 valence electrons. The number of pyridine rings is 1.